The molecule has 1 aromatic carbocycles. The molecule has 1 aliphatic rings. The summed E-state index contributed by atoms with van der Waals surface area (Å²) in [5.74, 6) is 1.10. The molecule has 1 atom stereocenters. The van der Waals surface area contributed by atoms with E-state index in [0.29, 0.717) is 27.2 Å². The minimum atomic E-state index is -0.198. The average molecular weight is 393 g/mol. The highest BCUT2D eigenvalue weighted by atomic mass is 35.5. The molecule has 3 rings (SSSR count). The Morgan fingerprint density at radius 1 is 1.42 bits per heavy atom. The lowest BCUT2D eigenvalue weighted by Crippen LogP contribution is -2.26. The lowest BCUT2D eigenvalue weighted by atomic mass is 9.73. The summed E-state index contributed by atoms with van der Waals surface area (Å²) in [6, 6.07) is 5.35. The van der Waals surface area contributed by atoms with Gasteiger partial charge in [0.2, 0.25) is 0 Å². The van der Waals surface area contributed by atoms with Crippen LogP contribution in [-0.4, -0.2) is 17.5 Å². The van der Waals surface area contributed by atoms with Gasteiger partial charge in [0.25, 0.3) is 5.91 Å². The van der Waals surface area contributed by atoms with Crippen LogP contribution in [0.1, 0.15) is 43.3 Å². The number of amides is 1. The Hall–Kier alpha value is -1.59. The predicted molar refractivity (Wildman–Crippen MR) is 107 cm³/mol. The fourth-order valence-electron chi connectivity index (χ4n) is 3.18. The van der Waals surface area contributed by atoms with Crippen LogP contribution in [0.15, 0.2) is 18.2 Å². The predicted octanol–water partition coefficient (Wildman–Crippen LogP) is 5.27. The average Bonchev–Trinajstić information content (AvgIpc) is 2.96. The van der Waals surface area contributed by atoms with E-state index in [4.69, 9.17) is 16.3 Å². The Morgan fingerprint density at radius 2 is 2.19 bits per heavy atom. The second kappa shape index (κ2) is 7.57. The summed E-state index contributed by atoms with van der Waals surface area (Å²) in [4.78, 5) is 18.1. The first-order chi connectivity index (χ1) is 12.2. The molecular weight excluding hydrogens is 368 g/mol. The molecule has 1 N–H and O–H groups in total. The van der Waals surface area contributed by atoms with Crippen LogP contribution in [-0.2, 0) is 17.6 Å². The van der Waals surface area contributed by atoms with Crippen molar-refractivity contribution in [3.63, 3.8) is 0 Å². The standard InChI is InChI=1S/C20H25ClN2O2S/c1-12-9-14(6-7-15(12)21)25-11-18(24)23-19-22-16-8-5-13(20(2,3)4)10-17(16)26-19/h6-7,9,13H,5,8,10-11H2,1-4H3,(H,22,23,24). The molecule has 0 fully saturated rings. The van der Waals surface area contributed by atoms with Crippen molar-refractivity contribution in [2.45, 2.75) is 47.0 Å². The summed E-state index contributed by atoms with van der Waals surface area (Å²) < 4.78 is 5.55. The van der Waals surface area contributed by atoms with Gasteiger partial charge in [0.05, 0.1) is 5.69 Å². The molecule has 1 aromatic heterocycles. The van der Waals surface area contributed by atoms with E-state index in [-0.39, 0.29) is 12.5 Å². The Kier molecular flexibility index (Phi) is 5.58. The SMILES string of the molecule is Cc1cc(OCC(=O)Nc2nc3c(s2)CC(C(C)(C)C)CC3)ccc1Cl. The van der Waals surface area contributed by atoms with Crippen LogP contribution in [0.3, 0.4) is 0 Å². The molecule has 1 aliphatic carbocycles. The molecule has 0 saturated heterocycles. The topological polar surface area (TPSA) is 51.2 Å². The third-order valence-corrected chi connectivity index (χ3v) is 6.37. The Morgan fingerprint density at radius 3 is 2.88 bits per heavy atom. The smallest absolute Gasteiger partial charge is 0.264 e. The minimum Gasteiger partial charge on any atom is -0.484 e. The molecule has 6 heteroatoms. The second-order valence-corrected chi connectivity index (χ2v) is 9.43. The van der Waals surface area contributed by atoms with E-state index in [1.54, 1.807) is 23.5 Å². The number of ether oxygens (including phenoxy) is 1. The van der Waals surface area contributed by atoms with Crippen molar-refractivity contribution >= 4 is 34.0 Å². The number of hydrogen-bond acceptors (Lipinski definition) is 4. The number of aromatic nitrogens is 1. The summed E-state index contributed by atoms with van der Waals surface area (Å²) in [7, 11) is 0. The molecule has 0 saturated carbocycles. The summed E-state index contributed by atoms with van der Waals surface area (Å²) in [6.45, 7) is 8.74. The lowest BCUT2D eigenvalue weighted by Gasteiger charge is -2.33. The van der Waals surface area contributed by atoms with Gasteiger partial charge in [-0.2, -0.15) is 0 Å². The number of nitrogens with zero attached hydrogens (tertiary/aromatic N) is 1. The van der Waals surface area contributed by atoms with Crippen LogP contribution in [0.5, 0.6) is 5.75 Å². The number of carbonyl (C=O) groups is 1. The van der Waals surface area contributed by atoms with E-state index in [1.807, 2.05) is 13.0 Å². The normalized spacial score (nSPS) is 16.9. The first-order valence-corrected chi connectivity index (χ1v) is 10.1. The molecular formula is C20H25ClN2O2S. The van der Waals surface area contributed by atoms with Gasteiger partial charge >= 0.3 is 0 Å². The van der Waals surface area contributed by atoms with Crippen LogP contribution < -0.4 is 10.1 Å². The van der Waals surface area contributed by atoms with Crippen molar-refractivity contribution in [2.24, 2.45) is 11.3 Å². The van der Waals surface area contributed by atoms with Gasteiger partial charge < -0.3 is 4.74 Å². The van der Waals surface area contributed by atoms with Crippen LogP contribution in [0.2, 0.25) is 5.02 Å². The lowest BCUT2D eigenvalue weighted by molar-refractivity contribution is -0.118. The van der Waals surface area contributed by atoms with Crippen LogP contribution >= 0.6 is 22.9 Å². The number of aryl methyl sites for hydroxylation is 2. The first-order valence-electron chi connectivity index (χ1n) is 8.90. The Bertz CT molecular complexity index is 811. The molecule has 4 nitrogen and oxygen atoms in total. The summed E-state index contributed by atoms with van der Waals surface area (Å²) >= 11 is 7.59. The highest BCUT2D eigenvalue weighted by Crippen LogP contribution is 2.40. The molecule has 0 radical (unpaired) electrons. The zero-order valence-electron chi connectivity index (χ0n) is 15.7. The van der Waals surface area contributed by atoms with E-state index in [9.17, 15) is 4.79 Å². The number of hydrogen-bond donors (Lipinski definition) is 1. The number of rotatable bonds is 4. The molecule has 140 valence electrons. The van der Waals surface area contributed by atoms with E-state index < -0.39 is 0 Å². The van der Waals surface area contributed by atoms with Gasteiger partial charge in [-0.05, 0) is 61.3 Å². The second-order valence-electron chi connectivity index (χ2n) is 7.94. The molecule has 0 aliphatic heterocycles. The van der Waals surface area contributed by atoms with Crippen molar-refractivity contribution in [1.29, 1.82) is 0 Å². The van der Waals surface area contributed by atoms with Crippen LogP contribution in [0, 0.1) is 18.3 Å². The quantitative estimate of drug-likeness (QED) is 0.770. The first kappa shape index (κ1) is 19.2. The van der Waals surface area contributed by atoms with Crippen LogP contribution in [0.4, 0.5) is 5.13 Å². The number of carbonyl (C=O) groups excluding carboxylic acids is 1. The minimum absolute atomic E-state index is 0.0457. The molecule has 1 heterocycles. The molecule has 1 unspecified atom stereocenters. The fraction of sp³-hybridized carbons (Fsp3) is 0.500. The van der Waals surface area contributed by atoms with Crippen molar-refractivity contribution in [2.75, 3.05) is 11.9 Å². The van der Waals surface area contributed by atoms with E-state index in [2.05, 4.69) is 31.1 Å². The molecule has 26 heavy (non-hydrogen) atoms. The van der Waals surface area contributed by atoms with Gasteiger partial charge in [-0.25, -0.2) is 4.98 Å². The zero-order chi connectivity index (χ0) is 18.9. The van der Waals surface area contributed by atoms with Crippen molar-refractivity contribution in [1.82, 2.24) is 4.98 Å². The van der Waals surface area contributed by atoms with Crippen molar-refractivity contribution in [3.8, 4) is 5.75 Å². The molecule has 0 bridgehead atoms. The van der Waals surface area contributed by atoms with E-state index in [1.165, 1.54) is 4.88 Å². The summed E-state index contributed by atoms with van der Waals surface area (Å²) in [5.41, 5.74) is 2.36. The van der Waals surface area contributed by atoms with Crippen molar-refractivity contribution in [3.05, 3.63) is 39.4 Å². The highest BCUT2D eigenvalue weighted by Gasteiger charge is 2.30. The van der Waals surface area contributed by atoms with Gasteiger partial charge in [0.15, 0.2) is 11.7 Å². The highest BCUT2D eigenvalue weighted by molar-refractivity contribution is 7.15. The van der Waals surface area contributed by atoms with Gasteiger partial charge in [0, 0.05) is 9.90 Å². The molecule has 0 spiro atoms. The van der Waals surface area contributed by atoms with Gasteiger partial charge in [-0.15, -0.1) is 11.3 Å². The van der Waals surface area contributed by atoms with Crippen molar-refractivity contribution < 1.29 is 9.53 Å². The maximum absolute atomic E-state index is 12.2. The maximum Gasteiger partial charge on any atom is 0.264 e. The number of anilines is 1. The fourth-order valence-corrected chi connectivity index (χ4v) is 4.40. The Labute approximate surface area is 163 Å². The van der Waals surface area contributed by atoms with Gasteiger partial charge in [0.1, 0.15) is 5.75 Å². The number of thiazole rings is 1. The number of fused-ring (bicyclic) bond motifs is 1. The summed E-state index contributed by atoms with van der Waals surface area (Å²) in [5, 5.41) is 4.22. The maximum atomic E-state index is 12.2. The summed E-state index contributed by atoms with van der Waals surface area (Å²) in [6.07, 6.45) is 3.20. The molecule has 1 amide bonds. The number of halogens is 1. The largest absolute Gasteiger partial charge is 0.484 e. The number of benzene rings is 1. The van der Waals surface area contributed by atoms with Gasteiger partial charge in [-0.3, -0.25) is 10.1 Å². The number of nitrogens with one attached hydrogen (secondary N) is 1. The van der Waals surface area contributed by atoms with E-state index >= 15 is 0 Å². The monoisotopic (exact) mass is 392 g/mol. The Balaban J connectivity index is 1.57. The third-order valence-electron chi connectivity index (χ3n) is 4.91. The zero-order valence-corrected chi connectivity index (χ0v) is 17.3. The molecule has 2 aromatic rings. The third kappa shape index (κ3) is 4.57. The van der Waals surface area contributed by atoms with E-state index in [0.717, 1.165) is 30.5 Å². The van der Waals surface area contributed by atoms with Crippen LogP contribution in [0.25, 0.3) is 0 Å². The van der Waals surface area contributed by atoms with Gasteiger partial charge in [-0.1, -0.05) is 32.4 Å².